The Morgan fingerprint density at radius 1 is 0.579 bits per heavy atom. The Kier molecular flexibility index (Phi) is 4.58. The molecule has 3 heteroatoms. The number of fused-ring (bicyclic) bond motifs is 3. The molecule has 6 aromatic carbocycles. The summed E-state index contributed by atoms with van der Waals surface area (Å²) in [6.07, 6.45) is 0.0425. The number of anilines is 3. The minimum absolute atomic E-state index is 0.0425. The van der Waals surface area contributed by atoms with Gasteiger partial charge in [-0.05, 0) is 70.1 Å². The van der Waals surface area contributed by atoms with Crippen LogP contribution < -0.4 is 15.0 Å². The fourth-order valence-electron chi connectivity index (χ4n) is 5.87. The first-order valence-electron chi connectivity index (χ1n) is 13.0. The maximum atomic E-state index is 6.30. The van der Waals surface area contributed by atoms with E-state index < -0.39 is 0 Å². The molecule has 0 saturated heterocycles. The smallest absolute Gasteiger partial charge is 0.135 e. The summed E-state index contributed by atoms with van der Waals surface area (Å²) in [5, 5.41) is 6.09. The lowest BCUT2D eigenvalue weighted by molar-refractivity contribution is 0.487. The summed E-state index contributed by atoms with van der Waals surface area (Å²) in [5.41, 5.74) is 9.44. The second-order valence-electron chi connectivity index (χ2n) is 9.86. The predicted octanol–water partition coefficient (Wildman–Crippen LogP) is 9.54. The normalized spacial score (nSPS) is 14.9. The molecular weight excluding hydrogens is 464 g/mol. The maximum Gasteiger partial charge on any atom is 0.135 e. The zero-order chi connectivity index (χ0) is 25.1. The average Bonchev–Trinajstić information content (AvgIpc) is 3.38. The van der Waals surface area contributed by atoms with Gasteiger partial charge in [0, 0.05) is 16.6 Å². The van der Waals surface area contributed by atoms with Gasteiger partial charge in [0.05, 0.1) is 11.4 Å². The molecule has 3 nitrogen and oxygen atoms in total. The minimum Gasteiger partial charge on any atom is -0.456 e. The molecule has 0 bridgehead atoms. The number of benzene rings is 6. The van der Waals surface area contributed by atoms with Gasteiger partial charge in [-0.3, -0.25) is 0 Å². The third-order valence-corrected chi connectivity index (χ3v) is 7.66. The van der Waals surface area contributed by atoms with E-state index in [0.717, 1.165) is 28.4 Å². The molecule has 0 fully saturated rings. The van der Waals surface area contributed by atoms with Gasteiger partial charge in [0.15, 0.2) is 0 Å². The van der Waals surface area contributed by atoms with Crippen LogP contribution in [-0.2, 0) is 0 Å². The van der Waals surface area contributed by atoms with Crippen molar-refractivity contribution in [1.82, 2.24) is 0 Å². The van der Waals surface area contributed by atoms with E-state index in [0.29, 0.717) is 0 Å². The zero-order valence-corrected chi connectivity index (χ0v) is 20.6. The van der Waals surface area contributed by atoms with Crippen molar-refractivity contribution in [2.45, 2.75) is 6.17 Å². The van der Waals surface area contributed by atoms with Gasteiger partial charge < -0.3 is 15.0 Å². The van der Waals surface area contributed by atoms with E-state index in [4.69, 9.17) is 4.74 Å². The van der Waals surface area contributed by atoms with Gasteiger partial charge in [-0.25, -0.2) is 0 Å². The number of hydrogen-bond donors (Lipinski definition) is 1. The SMILES string of the molecule is c1ccc(C2Nc3ccccc3N2c2ccc(-c3ccc4c(c3)-c3cccc5cccc(c35)O4)cc2)cc1. The summed E-state index contributed by atoms with van der Waals surface area (Å²) in [6, 6.07) is 47.2. The van der Waals surface area contributed by atoms with Crippen LogP contribution in [0.25, 0.3) is 33.0 Å². The van der Waals surface area contributed by atoms with Gasteiger partial charge >= 0.3 is 0 Å². The van der Waals surface area contributed by atoms with Crippen LogP contribution in [0, 0.1) is 0 Å². The number of hydrogen-bond acceptors (Lipinski definition) is 3. The Hall–Kier alpha value is -5.02. The Balaban J connectivity index is 1.18. The highest BCUT2D eigenvalue weighted by atomic mass is 16.5. The monoisotopic (exact) mass is 488 g/mol. The summed E-state index contributed by atoms with van der Waals surface area (Å²) >= 11 is 0. The maximum absolute atomic E-state index is 6.30. The largest absolute Gasteiger partial charge is 0.456 e. The second-order valence-corrected chi connectivity index (χ2v) is 9.86. The first-order valence-corrected chi connectivity index (χ1v) is 13.0. The van der Waals surface area contributed by atoms with Gasteiger partial charge in [-0.2, -0.15) is 0 Å². The molecule has 8 rings (SSSR count). The molecule has 0 amide bonds. The van der Waals surface area contributed by atoms with Crippen molar-refractivity contribution in [3.05, 3.63) is 139 Å². The van der Waals surface area contributed by atoms with Crippen LogP contribution in [0.3, 0.4) is 0 Å². The summed E-state index contributed by atoms with van der Waals surface area (Å²) in [5.74, 6) is 1.83. The first-order chi connectivity index (χ1) is 18.8. The topological polar surface area (TPSA) is 24.5 Å². The molecule has 6 aromatic rings. The fraction of sp³-hybridized carbons (Fsp3) is 0.0286. The first kappa shape index (κ1) is 21.1. The lowest BCUT2D eigenvalue weighted by atomic mass is 9.92. The van der Waals surface area contributed by atoms with Crippen molar-refractivity contribution in [3.8, 4) is 33.8 Å². The molecule has 38 heavy (non-hydrogen) atoms. The Morgan fingerprint density at radius 2 is 1.34 bits per heavy atom. The van der Waals surface area contributed by atoms with Crippen LogP contribution in [0.15, 0.2) is 133 Å². The molecular formula is C35H24N2O. The highest BCUT2D eigenvalue weighted by Gasteiger charge is 2.30. The number of nitrogens with one attached hydrogen (secondary N) is 1. The molecule has 2 aliphatic heterocycles. The van der Waals surface area contributed by atoms with Crippen LogP contribution in [0.2, 0.25) is 0 Å². The lowest BCUT2D eigenvalue weighted by Crippen LogP contribution is -2.23. The number of para-hydroxylation sites is 2. The summed E-state index contributed by atoms with van der Waals surface area (Å²) in [7, 11) is 0. The van der Waals surface area contributed by atoms with Crippen LogP contribution in [0.5, 0.6) is 11.5 Å². The van der Waals surface area contributed by atoms with E-state index in [9.17, 15) is 0 Å². The molecule has 0 aliphatic carbocycles. The fourth-order valence-corrected chi connectivity index (χ4v) is 5.87. The molecule has 2 aliphatic rings. The zero-order valence-electron chi connectivity index (χ0n) is 20.6. The van der Waals surface area contributed by atoms with Crippen molar-refractivity contribution in [1.29, 1.82) is 0 Å². The molecule has 0 radical (unpaired) electrons. The van der Waals surface area contributed by atoms with Crippen LogP contribution in [0.4, 0.5) is 17.1 Å². The molecule has 0 aromatic heterocycles. The van der Waals surface area contributed by atoms with Gasteiger partial charge in [-0.15, -0.1) is 0 Å². The van der Waals surface area contributed by atoms with E-state index in [2.05, 4.69) is 144 Å². The molecule has 0 spiro atoms. The van der Waals surface area contributed by atoms with Gasteiger partial charge in [0.25, 0.3) is 0 Å². The lowest BCUT2D eigenvalue weighted by Gasteiger charge is -2.27. The van der Waals surface area contributed by atoms with Crippen molar-refractivity contribution < 1.29 is 4.74 Å². The standard InChI is InChI=1S/C35H24N2O/c1-2-8-25(9-3-1)35-36-30-13-4-5-14-31(30)37(35)27-19-16-23(17-20-27)26-18-21-32-29(22-26)28-12-6-10-24-11-7-15-33(38-32)34(24)28/h1-22,35-36H. The van der Waals surface area contributed by atoms with Crippen LogP contribution in [0.1, 0.15) is 11.7 Å². The third-order valence-electron chi connectivity index (χ3n) is 7.66. The Morgan fingerprint density at radius 3 is 2.21 bits per heavy atom. The van der Waals surface area contributed by atoms with Crippen LogP contribution >= 0.6 is 0 Å². The minimum atomic E-state index is 0.0425. The third kappa shape index (κ3) is 3.22. The average molecular weight is 489 g/mol. The van der Waals surface area contributed by atoms with Crippen molar-refractivity contribution >= 4 is 27.8 Å². The highest BCUT2D eigenvalue weighted by Crippen LogP contribution is 2.48. The molecule has 1 unspecified atom stereocenters. The molecule has 1 atom stereocenters. The van der Waals surface area contributed by atoms with Crippen LogP contribution in [-0.4, -0.2) is 0 Å². The summed E-state index contributed by atoms with van der Waals surface area (Å²) < 4.78 is 6.30. The van der Waals surface area contributed by atoms with E-state index in [1.54, 1.807) is 0 Å². The summed E-state index contributed by atoms with van der Waals surface area (Å²) in [6.45, 7) is 0. The number of rotatable bonds is 3. The van der Waals surface area contributed by atoms with Crippen molar-refractivity contribution in [3.63, 3.8) is 0 Å². The van der Waals surface area contributed by atoms with E-state index in [1.807, 2.05) is 0 Å². The van der Waals surface area contributed by atoms with Crippen molar-refractivity contribution in [2.24, 2.45) is 0 Å². The highest BCUT2D eigenvalue weighted by molar-refractivity contribution is 6.04. The molecule has 1 N–H and O–H groups in total. The molecule has 180 valence electrons. The van der Waals surface area contributed by atoms with E-state index in [-0.39, 0.29) is 6.17 Å². The Labute approximate surface area is 221 Å². The predicted molar refractivity (Wildman–Crippen MR) is 156 cm³/mol. The quantitative estimate of drug-likeness (QED) is 0.268. The van der Waals surface area contributed by atoms with Gasteiger partial charge in [0.1, 0.15) is 17.7 Å². The second kappa shape index (κ2) is 8.25. The number of nitrogens with zero attached hydrogens (tertiary/aromatic N) is 1. The van der Waals surface area contributed by atoms with E-state index in [1.165, 1.54) is 38.7 Å². The van der Waals surface area contributed by atoms with Gasteiger partial charge in [-0.1, -0.05) is 91.0 Å². The Bertz CT molecular complexity index is 1820. The van der Waals surface area contributed by atoms with Gasteiger partial charge in [0.2, 0.25) is 0 Å². The molecule has 0 saturated carbocycles. The number of ether oxygens (including phenoxy) is 1. The summed E-state index contributed by atoms with van der Waals surface area (Å²) in [4.78, 5) is 2.38. The van der Waals surface area contributed by atoms with E-state index >= 15 is 0 Å². The molecule has 2 heterocycles. The van der Waals surface area contributed by atoms with Crippen molar-refractivity contribution in [2.75, 3.05) is 10.2 Å².